The van der Waals surface area contributed by atoms with Crippen LogP contribution in [0.3, 0.4) is 0 Å². The van der Waals surface area contributed by atoms with Gasteiger partial charge in [-0.25, -0.2) is 4.79 Å². The molecule has 0 aliphatic carbocycles. The van der Waals surface area contributed by atoms with Gasteiger partial charge in [0.25, 0.3) is 0 Å². The van der Waals surface area contributed by atoms with Crippen molar-refractivity contribution in [1.29, 1.82) is 0 Å². The number of amides is 2. The van der Waals surface area contributed by atoms with E-state index in [1.807, 2.05) is 6.07 Å². The first-order valence-corrected chi connectivity index (χ1v) is 8.16. The molecule has 1 aromatic carbocycles. The minimum absolute atomic E-state index is 0.116. The zero-order valence-electron chi connectivity index (χ0n) is 13.4. The third-order valence-corrected chi connectivity index (χ3v) is 3.68. The van der Waals surface area contributed by atoms with Gasteiger partial charge in [-0.05, 0) is 30.0 Å². The second-order valence-electron chi connectivity index (χ2n) is 5.66. The highest BCUT2D eigenvalue weighted by molar-refractivity contribution is 6.42. The van der Waals surface area contributed by atoms with Gasteiger partial charge in [-0.1, -0.05) is 43.1 Å². The zero-order chi connectivity index (χ0) is 16.5. The van der Waals surface area contributed by atoms with Crippen molar-refractivity contribution in [3.63, 3.8) is 0 Å². The Balaban J connectivity index is 2.25. The summed E-state index contributed by atoms with van der Waals surface area (Å²) < 4.78 is 5.47. The first-order valence-electron chi connectivity index (χ1n) is 7.40. The van der Waals surface area contributed by atoms with Gasteiger partial charge < -0.3 is 15.0 Å². The van der Waals surface area contributed by atoms with Crippen LogP contribution in [0.1, 0.15) is 25.8 Å². The molecule has 0 atom stereocenters. The third-order valence-electron chi connectivity index (χ3n) is 2.94. The minimum Gasteiger partial charge on any atom is -0.381 e. The van der Waals surface area contributed by atoms with E-state index in [9.17, 15) is 4.79 Å². The van der Waals surface area contributed by atoms with E-state index in [2.05, 4.69) is 19.2 Å². The lowest BCUT2D eigenvalue weighted by molar-refractivity contribution is 0.108. The number of nitrogens with zero attached hydrogens (tertiary/aromatic N) is 1. The zero-order valence-corrected chi connectivity index (χ0v) is 14.9. The molecule has 6 heteroatoms. The average Bonchev–Trinajstić information content (AvgIpc) is 2.46. The van der Waals surface area contributed by atoms with Crippen LogP contribution in [0.5, 0.6) is 0 Å². The van der Waals surface area contributed by atoms with Crippen LogP contribution in [-0.2, 0) is 11.3 Å². The van der Waals surface area contributed by atoms with E-state index in [-0.39, 0.29) is 6.03 Å². The van der Waals surface area contributed by atoms with Crippen LogP contribution >= 0.6 is 23.2 Å². The molecule has 1 N–H and O–H groups in total. The number of carbonyl (C=O) groups excluding carboxylic acids is 1. The van der Waals surface area contributed by atoms with E-state index in [0.717, 1.165) is 18.6 Å². The van der Waals surface area contributed by atoms with Gasteiger partial charge in [-0.15, -0.1) is 0 Å². The van der Waals surface area contributed by atoms with Gasteiger partial charge in [0.15, 0.2) is 0 Å². The Morgan fingerprint density at radius 3 is 2.68 bits per heavy atom. The van der Waals surface area contributed by atoms with E-state index < -0.39 is 0 Å². The van der Waals surface area contributed by atoms with Crippen LogP contribution in [-0.4, -0.2) is 37.7 Å². The Hall–Kier alpha value is -0.970. The molecule has 1 rings (SSSR count). The summed E-state index contributed by atoms with van der Waals surface area (Å²) in [4.78, 5) is 13.6. The quantitative estimate of drug-likeness (QED) is 0.716. The Bertz CT molecular complexity index is 481. The Labute approximate surface area is 142 Å². The monoisotopic (exact) mass is 346 g/mol. The van der Waals surface area contributed by atoms with Gasteiger partial charge in [-0.2, -0.15) is 0 Å². The smallest absolute Gasteiger partial charge is 0.317 e. The van der Waals surface area contributed by atoms with Crippen molar-refractivity contribution in [1.82, 2.24) is 10.2 Å². The fourth-order valence-electron chi connectivity index (χ4n) is 1.81. The molecule has 124 valence electrons. The molecule has 0 bridgehead atoms. The second-order valence-corrected chi connectivity index (χ2v) is 6.47. The number of rotatable bonds is 8. The highest BCUT2D eigenvalue weighted by Gasteiger charge is 2.09. The predicted molar refractivity (Wildman–Crippen MR) is 91.6 cm³/mol. The van der Waals surface area contributed by atoms with Crippen LogP contribution in [0.15, 0.2) is 18.2 Å². The molecule has 22 heavy (non-hydrogen) atoms. The molecule has 0 unspecified atom stereocenters. The number of benzene rings is 1. The van der Waals surface area contributed by atoms with E-state index in [0.29, 0.717) is 35.7 Å². The molecule has 0 fully saturated rings. The Morgan fingerprint density at radius 2 is 2.05 bits per heavy atom. The van der Waals surface area contributed by atoms with Gasteiger partial charge in [0.2, 0.25) is 0 Å². The van der Waals surface area contributed by atoms with Gasteiger partial charge in [0, 0.05) is 33.4 Å². The lowest BCUT2D eigenvalue weighted by Crippen LogP contribution is -2.37. The maximum atomic E-state index is 12.0. The van der Waals surface area contributed by atoms with Crippen LogP contribution < -0.4 is 5.32 Å². The Kier molecular flexibility index (Phi) is 8.61. The third kappa shape index (κ3) is 7.34. The normalized spacial score (nSPS) is 10.8. The molecule has 0 saturated heterocycles. The fraction of sp³-hybridized carbons (Fsp3) is 0.562. The molecule has 0 saturated carbocycles. The van der Waals surface area contributed by atoms with Crippen molar-refractivity contribution in [2.45, 2.75) is 26.8 Å². The number of hydrogen-bond acceptors (Lipinski definition) is 2. The molecule has 0 spiro atoms. The van der Waals surface area contributed by atoms with Gasteiger partial charge in [0.05, 0.1) is 10.0 Å². The number of carbonyl (C=O) groups is 1. The Morgan fingerprint density at radius 1 is 1.32 bits per heavy atom. The maximum Gasteiger partial charge on any atom is 0.317 e. The molecule has 4 nitrogen and oxygen atoms in total. The molecule has 0 radical (unpaired) electrons. The predicted octanol–water partition coefficient (Wildman–Crippen LogP) is 4.20. The maximum absolute atomic E-state index is 12.0. The van der Waals surface area contributed by atoms with E-state index in [1.165, 1.54) is 0 Å². The first-order chi connectivity index (χ1) is 10.4. The van der Waals surface area contributed by atoms with Crippen LogP contribution in [0.2, 0.25) is 10.0 Å². The molecule has 0 aliphatic heterocycles. The van der Waals surface area contributed by atoms with Crippen molar-refractivity contribution in [2.75, 3.05) is 26.8 Å². The first kappa shape index (κ1) is 19.1. The van der Waals surface area contributed by atoms with Crippen LogP contribution in [0.4, 0.5) is 4.79 Å². The van der Waals surface area contributed by atoms with Crippen LogP contribution in [0.25, 0.3) is 0 Å². The van der Waals surface area contributed by atoms with Crippen LogP contribution in [0, 0.1) is 5.92 Å². The standard InChI is InChI=1S/C16H24Cl2N2O2/c1-12(2)11-22-8-4-7-19-16(21)20(3)10-13-5-6-14(17)15(18)9-13/h5-6,9,12H,4,7-8,10-11H2,1-3H3,(H,19,21). The van der Waals surface area contributed by atoms with E-state index in [4.69, 9.17) is 27.9 Å². The number of urea groups is 1. The lowest BCUT2D eigenvalue weighted by Gasteiger charge is -2.18. The number of halogens is 2. The van der Waals surface area contributed by atoms with E-state index in [1.54, 1.807) is 24.1 Å². The summed E-state index contributed by atoms with van der Waals surface area (Å²) in [6, 6.07) is 5.25. The van der Waals surface area contributed by atoms with Crippen molar-refractivity contribution in [2.24, 2.45) is 5.92 Å². The minimum atomic E-state index is -0.116. The molecular formula is C16H24Cl2N2O2. The highest BCUT2D eigenvalue weighted by Crippen LogP contribution is 2.23. The SMILES string of the molecule is CC(C)COCCCNC(=O)N(C)Cc1ccc(Cl)c(Cl)c1. The topological polar surface area (TPSA) is 41.6 Å². The fourth-order valence-corrected chi connectivity index (χ4v) is 2.13. The second kappa shape index (κ2) is 9.93. The molecule has 0 aliphatic rings. The summed E-state index contributed by atoms with van der Waals surface area (Å²) >= 11 is 11.8. The van der Waals surface area contributed by atoms with Crippen molar-refractivity contribution >= 4 is 29.2 Å². The highest BCUT2D eigenvalue weighted by atomic mass is 35.5. The summed E-state index contributed by atoms with van der Waals surface area (Å²) in [6.45, 7) is 6.72. The van der Waals surface area contributed by atoms with Crippen molar-refractivity contribution in [3.05, 3.63) is 33.8 Å². The summed E-state index contributed by atoms with van der Waals surface area (Å²) in [5.41, 5.74) is 0.937. The molecular weight excluding hydrogens is 323 g/mol. The van der Waals surface area contributed by atoms with Crippen molar-refractivity contribution in [3.8, 4) is 0 Å². The molecule has 0 heterocycles. The van der Waals surface area contributed by atoms with Crippen molar-refractivity contribution < 1.29 is 9.53 Å². The molecule has 0 aromatic heterocycles. The summed E-state index contributed by atoms with van der Waals surface area (Å²) in [6.07, 6.45) is 0.805. The summed E-state index contributed by atoms with van der Waals surface area (Å²) in [7, 11) is 1.74. The average molecular weight is 347 g/mol. The summed E-state index contributed by atoms with van der Waals surface area (Å²) in [5, 5.41) is 3.87. The van der Waals surface area contributed by atoms with Gasteiger partial charge >= 0.3 is 6.03 Å². The molecule has 2 amide bonds. The van der Waals surface area contributed by atoms with Gasteiger partial charge in [-0.3, -0.25) is 0 Å². The number of ether oxygens (including phenoxy) is 1. The number of nitrogens with one attached hydrogen (secondary N) is 1. The largest absolute Gasteiger partial charge is 0.381 e. The van der Waals surface area contributed by atoms with E-state index >= 15 is 0 Å². The van der Waals surface area contributed by atoms with Gasteiger partial charge in [0.1, 0.15) is 0 Å². The molecule has 1 aromatic rings. The number of hydrogen-bond donors (Lipinski definition) is 1. The summed E-state index contributed by atoms with van der Waals surface area (Å²) in [5.74, 6) is 0.534. The lowest BCUT2D eigenvalue weighted by atomic mass is 10.2.